The molecule has 34 heavy (non-hydrogen) atoms. The molecule has 0 saturated heterocycles. The number of ether oxygens (including phenoxy) is 1. The lowest BCUT2D eigenvalue weighted by Crippen LogP contribution is -1.98. The molecule has 0 unspecified atom stereocenters. The second-order valence-electron chi connectivity index (χ2n) is 7.69. The third-order valence-corrected chi connectivity index (χ3v) is 5.14. The van der Waals surface area contributed by atoms with Crippen molar-refractivity contribution in [3.63, 3.8) is 0 Å². The van der Waals surface area contributed by atoms with Crippen LogP contribution in [0.5, 0.6) is 5.75 Å². The molecule has 0 aliphatic carbocycles. The number of aliphatic hydroxyl groups excluding tert-OH is 1. The average Bonchev–Trinajstić information content (AvgIpc) is 3.24. The predicted octanol–water partition coefficient (Wildman–Crippen LogP) is 5.79. The Morgan fingerprint density at radius 3 is 2.47 bits per heavy atom. The first kappa shape index (κ1) is 24.6. The van der Waals surface area contributed by atoms with Crippen molar-refractivity contribution in [3.05, 3.63) is 89.9 Å². The minimum atomic E-state index is 0.250. The minimum Gasteiger partial charge on any atom is -0.485 e. The van der Waals surface area contributed by atoms with Gasteiger partial charge in [0.2, 0.25) is 0 Å². The molecule has 2 N–H and O–H groups in total. The number of fused-ring (bicyclic) bond motifs is 3. The van der Waals surface area contributed by atoms with Crippen molar-refractivity contribution in [2.45, 2.75) is 27.4 Å². The van der Waals surface area contributed by atoms with Crippen LogP contribution in [0.1, 0.15) is 23.7 Å². The van der Waals surface area contributed by atoms with Gasteiger partial charge >= 0.3 is 0 Å². The third-order valence-electron chi connectivity index (χ3n) is 5.14. The van der Waals surface area contributed by atoms with E-state index in [4.69, 9.17) is 14.6 Å². The van der Waals surface area contributed by atoms with E-state index in [-0.39, 0.29) is 6.61 Å². The van der Waals surface area contributed by atoms with Gasteiger partial charge in [0.25, 0.3) is 0 Å². The summed E-state index contributed by atoms with van der Waals surface area (Å²) in [5.74, 6) is 0.803. The Morgan fingerprint density at radius 2 is 1.76 bits per heavy atom. The van der Waals surface area contributed by atoms with E-state index in [0.29, 0.717) is 6.61 Å². The molecule has 6 heteroatoms. The number of aliphatic hydroxyl groups is 1. The summed E-state index contributed by atoms with van der Waals surface area (Å²) in [5.41, 5.74) is 7.46. The van der Waals surface area contributed by atoms with Crippen molar-refractivity contribution in [2.24, 2.45) is 0 Å². The van der Waals surface area contributed by atoms with Crippen LogP contribution in [0.4, 0.5) is 0 Å². The zero-order valence-corrected chi connectivity index (χ0v) is 19.7. The Labute approximate surface area is 199 Å². The molecule has 174 valence electrons. The van der Waals surface area contributed by atoms with Crippen LogP contribution in [-0.4, -0.2) is 33.5 Å². The topological polar surface area (TPSA) is 88.1 Å². The van der Waals surface area contributed by atoms with Crippen molar-refractivity contribution in [2.75, 3.05) is 6.61 Å². The minimum absolute atomic E-state index is 0.250. The molecule has 0 atom stereocenters. The molecular weight excluding hydrogens is 426 g/mol. The smallest absolute Gasteiger partial charge is 0.144 e. The van der Waals surface area contributed by atoms with Crippen molar-refractivity contribution < 1.29 is 14.6 Å². The predicted molar refractivity (Wildman–Crippen MR) is 137 cm³/mol. The summed E-state index contributed by atoms with van der Waals surface area (Å²) in [5, 5.41) is 9.82. The number of aryl methyl sites for hydroxylation is 2. The largest absolute Gasteiger partial charge is 0.485 e. The zero-order valence-electron chi connectivity index (χ0n) is 19.7. The van der Waals surface area contributed by atoms with Gasteiger partial charge in [-0.3, -0.25) is 4.98 Å². The summed E-state index contributed by atoms with van der Waals surface area (Å²) < 4.78 is 6.16. The van der Waals surface area contributed by atoms with Crippen LogP contribution in [-0.2, 0) is 11.4 Å². The number of hydrogen-bond donors (Lipinski definition) is 2. The van der Waals surface area contributed by atoms with Crippen LogP contribution in [0.3, 0.4) is 0 Å². The molecule has 5 rings (SSSR count). The van der Waals surface area contributed by atoms with E-state index in [1.165, 1.54) is 16.7 Å². The molecule has 6 nitrogen and oxygen atoms in total. The van der Waals surface area contributed by atoms with E-state index in [1.54, 1.807) is 13.1 Å². The second-order valence-corrected chi connectivity index (χ2v) is 7.69. The summed E-state index contributed by atoms with van der Waals surface area (Å²) in [6.07, 6.45) is 3.67. The Morgan fingerprint density at radius 1 is 0.971 bits per heavy atom. The van der Waals surface area contributed by atoms with Gasteiger partial charge in [-0.2, -0.15) is 0 Å². The number of nitrogens with zero attached hydrogens (tertiary/aromatic N) is 2. The highest BCUT2D eigenvalue weighted by Gasteiger charge is 2.16. The number of nitrogens with one attached hydrogen (secondary N) is 1. The maximum absolute atomic E-state index is 8.00. The Bertz CT molecular complexity index is 1360. The summed E-state index contributed by atoms with van der Waals surface area (Å²) in [7, 11) is 0. The number of rotatable bonds is 4. The van der Waals surface area contributed by atoms with Gasteiger partial charge in [0.15, 0.2) is 0 Å². The SMILES string of the molecule is C=O.CCO.Cc1cccc(-c2ccc(OCc3ccccn3)c3[nH]c4ncc(C)cc4c23)c1. The van der Waals surface area contributed by atoms with Gasteiger partial charge in [0.1, 0.15) is 24.8 Å². The maximum atomic E-state index is 8.00. The molecule has 3 aromatic heterocycles. The van der Waals surface area contributed by atoms with E-state index >= 15 is 0 Å². The van der Waals surface area contributed by atoms with E-state index in [1.807, 2.05) is 37.3 Å². The molecule has 0 fully saturated rings. The summed E-state index contributed by atoms with van der Waals surface area (Å²) in [4.78, 5) is 20.4. The second kappa shape index (κ2) is 11.7. The van der Waals surface area contributed by atoms with Crippen LogP contribution in [0, 0.1) is 13.8 Å². The molecule has 0 saturated carbocycles. The first-order chi connectivity index (χ1) is 16.6. The molecule has 3 heterocycles. The lowest BCUT2D eigenvalue weighted by molar-refractivity contribution is -0.0979. The monoisotopic (exact) mass is 455 g/mol. The average molecular weight is 456 g/mol. The van der Waals surface area contributed by atoms with Crippen LogP contribution < -0.4 is 4.74 Å². The molecule has 0 bridgehead atoms. The van der Waals surface area contributed by atoms with Gasteiger partial charge in [0.05, 0.1) is 11.2 Å². The van der Waals surface area contributed by atoms with Crippen LogP contribution in [0.15, 0.2) is 73.1 Å². The van der Waals surface area contributed by atoms with Gasteiger partial charge < -0.3 is 19.6 Å². The normalized spacial score (nSPS) is 10.2. The molecule has 0 aliphatic heterocycles. The van der Waals surface area contributed by atoms with Gasteiger partial charge in [-0.1, -0.05) is 35.9 Å². The molecular formula is C28H29N3O3. The van der Waals surface area contributed by atoms with E-state index in [2.05, 4.69) is 65.2 Å². The van der Waals surface area contributed by atoms with Crippen molar-refractivity contribution in [3.8, 4) is 16.9 Å². The van der Waals surface area contributed by atoms with Crippen molar-refractivity contribution in [1.82, 2.24) is 15.0 Å². The lowest BCUT2D eigenvalue weighted by atomic mass is 9.98. The zero-order chi connectivity index (χ0) is 24.5. The van der Waals surface area contributed by atoms with Crippen LogP contribution >= 0.6 is 0 Å². The molecule has 0 radical (unpaired) electrons. The molecule has 0 aliphatic rings. The molecule has 5 aromatic rings. The fraction of sp³-hybridized carbons (Fsp3) is 0.179. The summed E-state index contributed by atoms with van der Waals surface area (Å²) in [6, 6.07) is 20.8. The highest BCUT2D eigenvalue weighted by atomic mass is 16.5. The summed E-state index contributed by atoms with van der Waals surface area (Å²) >= 11 is 0. The number of aromatic nitrogens is 3. The maximum Gasteiger partial charge on any atom is 0.144 e. The van der Waals surface area contributed by atoms with Crippen LogP contribution in [0.2, 0.25) is 0 Å². The van der Waals surface area contributed by atoms with Gasteiger partial charge in [0, 0.05) is 29.8 Å². The van der Waals surface area contributed by atoms with Crippen molar-refractivity contribution >= 4 is 28.7 Å². The quantitative estimate of drug-likeness (QED) is 0.358. The number of pyridine rings is 2. The Hall–Kier alpha value is -4.03. The fourth-order valence-corrected chi connectivity index (χ4v) is 3.77. The van der Waals surface area contributed by atoms with E-state index < -0.39 is 0 Å². The Kier molecular flexibility index (Phi) is 8.48. The van der Waals surface area contributed by atoms with E-state index in [9.17, 15) is 0 Å². The highest BCUT2D eigenvalue weighted by molar-refractivity contribution is 6.15. The van der Waals surface area contributed by atoms with Gasteiger partial charge in [-0.15, -0.1) is 0 Å². The number of carbonyl (C=O) groups excluding carboxylic acids is 1. The first-order valence-corrected chi connectivity index (χ1v) is 11.0. The van der Waals surface area contributed by atoms with Gasteiger partial charge in [-0.25, -0.2) is 4.98 Å². The fourth-order valence-electron chi connectivity index (χ4n) is 3.77. The number of H-pyrrole nitrogens is 1. The van der Waals surface area contributed by atoms with E-state index in [0.717, 1.165) is 38.9 Å². The third kappa shape index (κ3) is 5.47. The first-order valence-electron chi connectivity index (χ1n) is 11.0. The number of aromatic amines is 1. The van der Waals surface area contributed by atoms with Crippen LogP contribution in [0.25, 0.3) is 33.1 Å². The number of hydrogen-bond acceptors (Lipinski definition) is 5. The van der Waals surface area contributed by atoms with Crippen molar-refractivity contribution in [1.29, 1.82) is 0 Å². The van der Waals surface area contributed by atoms with Gasteiger partial charge in [-0.05, 0) is 67.8 Å². The standard InChI is InChI=1S/C25H21N3O.C2H6O.CH2O/c1-16-6-5-7-18(12-16)20-9-10-22(29-15-19-8-3-4-11-26-19)24-23(20)21-13-17(2)14-27-25(21)28-24;1-2-3;1-2/h3-14H,15H2,1-2H3,(H,27,28);3H,2H2,1H3;1H2. The molecule has 2 aromatic carbocycles. The number of carbonyl (C=O) groups is 1. The molecule has 0 amide bonds. The highest BCUT2D eigenvalue weighted by Crippen LogP contribution is 2.39. The Balaban J connectivity index is 0.000000603. The number of benzene rings is 2. The molecule has 0 spiro atoms. The lowest BCUT2D eigenvalue weighted by Gasteiger charge is -2.11. The summed E-state index contributed by atoms with van der Waals surface area (Å²) in [6.45, 7) is 8.53.